The topological polar surface area (TPSA) is 41.1 Å². The third kappa shape index (κ3) is 2.05. The zero-order valence-electron chi connectivity index (χ0n) is 9.66. The summed E-state index contributed by atoms with van der Waals surface area (Å²) in [6.07, 6.45) is 2.89. The lowest BCUT2D eigenvalue weighted by Crippen LogP contribution is -2.48. The molecule has 0 aromatic heterocycles. The number of carbonyl (C=O) groups excluding carboxylic acids is 1. The summed E-state index contributed by atoms with van der Waals surface area (Å²) in [4.78, 5) is 11.8. The van der Waals surface area contributed by atoms with Crippen molar-refractivity contribution in [2.24, 2.45) is 0 Å². The molecule has 2 heterocycles. The van der Waals surface area contributed by atoms with Gasteiger partial charge in [-0.1, -0.05) is 18.2 Å². The van der Waals surface area contributed by atoms with Crippen molar-refractivity contribution < 1.29 is 4.79 Å². The summed E-state index contributed by atoms with van der Waals surface area (Å²) in [5, 5.41) is 6.39. The molecule has 3 rings (SSSR count). The Hall–Kier alpha value is -1.06. The summed E-state index contributed by atoms with van der Waals surface area (Å²) in [5.74, 6) is 0.155. The van der Waals surface area contributed by atoms with Gasteiger partial charge >= 0.3 is 0 Å². The van der Waals surface area contributed by atoms with Gasteiger partial charge in [0.15, 0.2) is 0 Å². The van der Waals surface area contributed by atoms with Gasteiger partial charge in [-0.2, -0.15) is 0 Å². The molecule has 0 aliphatic carbocycles. The van der Waals surface area contributed by atoms with Gasteiger partial charge < -0.3 is 10.6 Å². The van der Waals surface area contributed by atoms with Gasteiger partial charge in [0.1, 0.15) is 0 Å². The lowest BCUT2D eigenvalue weighted by atomic mass is 9.70. The second kappa shape index (κ2) is 4.67. The molecule has 1 unspecified atom stereocenters. The van der Waals surface area contributed by atoms with Gasteiger partial charge in [-0.05, 0) is 31.0 Å². The second-order valence-corrected chi connectivity index (χ2v) is 4.83. The minimum Gasteiger partial charge on any atom is -0.326 e. The molecule has 1 aromatic carbocycles. The van der Waals surface area contributed by atoms with Gasteiger partial charge in [-0.15, -0.1) is 12.4 Å². The largest absolute Gasteiger partial charge is 0.326 e. The van der Waals surface area contributed by atoms with E-state index >= 15 is 0 Å². The standard InChI is InChI=1S/C13H16N2O.ClH/c16-12-8-13(6-3-7-14-9-13)10-4-1-2-5-11(10)15-12;/h1-2,4-5,14H,3,6-9H2,(H,15,16);1H. The first-order valence-corrected chi connectivity index (χ1v) is 5.90. The van der Waals surface area contributed by atoms with E-state index in [2.05, 4.69) is 22.8 Å². The van der Waals surface area contributed by atoms with Crippen LogP contribution in [0.5, 0.6) is 0 Å². The first kappa shape index (κ1) is 12.4. The Balaban J connectivity index is 0.00000108. The minimum atomic E-state index is 0. The van der Waals surface area contributed by atoms with Crippen molar-refractivity contribution in [2.75, 3.05) is 18.4 Å². The molecule has 0 saturated carbocycles. The average molecular weight is 253 g/mol. The third-order valence-electron chi connectivity index (χ3n) is 3.74. The van der Waals surface area contributed by atoms with Crippen molar-refractivity contribution in [3.63, 3.8) is 0 Å². The van der Waals surface area contributed by atoms with Crippen molar-refractivity contribution in [1.29, 1.82) is 0 Å². The van der Waals surface area contributed by atoms with Crippen LogP contribution < -0.4 is 10.6 Å². The smallest absolute Gasteiger partial charge is 0.225 e. The van der Waals surface area contributed by atoms with Crippen LogP contribution >= 0.6 is 12.4 Å². The van der Waals surface area contributed by atoms with Crippen molar-refractivity contribution in [2.45, 2.75) is 24.7 Å². The Kier molecular flexibility index (Phi) is 3.40. The first-order valence-electron chi connectivity index (χ1n) is 5.90. The summed E-state index contributed by atoms with van der Waals surface area (Å²) in [6.45, 7) is 2.00. The van der Waals surface area contributed by atoms with E-state index in [4.69, 9.17) is 0 Å². The maximum atomic E-state index is 11.8. The Morgan fingerprint density at radius 3 is 2.82 bits per heavy atom. The third-order valence-corrected chi connectivity index (χ3v) is 3.74. The molecule has 1 amide bonds. The molecule has 2 aliphatic heterocycles. The maximum absolute atomic E-state index is 11.8. The SMILES string of the molecule is Cl.O=C1CC2(CCCNC2)c2ccccc2N1. The van der Waals surface area contributed by atoms with Crippen LogP contribution in [0, 0.1) is 0 Å². The summed E-state index contributed by atoms with van der Waals surface area (Å²) in [5.41, 5.74) is 2.35. The van der Waals surface area contributed by atoms with E-state index in [0.717, 1.165) is 31.6 Å². The lowest BCUT2D eigenvalue weighted by Gasteiger charge is -2.41. The molecule has 2 N–H and O–H groups in total. The molecule has 2 aliphatic rings. The monoisotopic (exact) mass is 252 g/mol. The highest BCUT2D eigenvalue weighted by molar-refractivity contribution is 5.95. The number of fused-ring (bicyclic) bond motifs is 2. The molecule has 1 spiro atoms. The number of benzene rings is 1. The van der Waals surface area contributed by atoms with E-state index in [9.17, 15) is 4.79 Å². The number of carbonyl (C=O) groups is 1. The summed E-state index contributed by atoms with van der Waals surface area (Å²) in [6, 6.07) is 8.20. The van der Waals surface area contributed by atoms with Gasteiger partial charge in [-0.25, -0.2) is 0 Å². The molecule has 4 heteroatoms. The molecule has 1 saturated heterocycles. The van der Waals surface area contributed by atoms with E-state index in [1.165, 1.54) is 5.56 Å². The minimum absolute atomic E-state index is 0. The van der Waals surface area contributed by atoms with Gasteiger partial charge in [0, 0.05) is 24.1 Å². The zero-order valence-corrected chi connectivity index (χ0v) is 10.5. The van der Waals surface area contributed by atoms with E-state index in [1.54, 1.807) is 0 Å². The van der Waals surface area contributed by atoms with Gasteiger partial charge in [-0.3, -0.25) is 4.79 Å². The first-order chi connectivity index (χ1) is 7.80. The van der Waals surface area contributed by atoms with Crippen LogP contribution in [0.3, 0.4) is 0 Å². The fourth-order valence-electron chi connectivity index (χ4n) is 3.00. The van der Waals surface area contributed by atoms with Crippen LogP contribution in [0.1, 0.15) is 24.8 Å². The Bertz CT molecular complexity index is 427. The molecule has 0 bridgehead atoms. The molecule has 1 fully saturated rings. The van der Waals surface area contributed by atoms with Gasteiger partial charge in [0.2, 0.25) is 5.91 Å². The van der Waals surface area contributed by atoms with E-state index < -0.39 is 0 Å². The van der Waals surface area contributed by atoms with Gasteiger partial charge in [0.25, 0.3) is 0 Å². The van der Waals surface area contributed by atoms with Crippen LogP contribution in [-0.2, 0) is 10.2 Å². The quantitative estimate of drug-likeness (QED) is 0.742. The van der Waals surface area contributed by atoms with Crippen molar-refractivity contribution >= 4 is 24.0 Å². The predicted molar refractivity (Wildman–Crippen MR) is 70.7 cm³/mol. The number of rotatable bonds is 0. The van der Waals surface area contributed by atoms with Crippen LogP contribution in [0.4, 0.5) is 5.69 Å². The highest BCUT2D eigenvalue weighted by Crippen LogP contribution is 2.41. The highest BCUT2D eigenvalue weighted by atomic mass is 35.5. The molecule has 1 aromatic rings. The van der Waals surface area contributed by atoms with Gasteiger partial charge in [0.05, 0.1) is 0 Å². The van der Waals surface area contributed by atoms with Crippen LogP contribution in [0.25, 0.3) is 0 Å². The molecule has 3 nitrogen and oxygen atoms in total. The molecule has 17 heavy (non-hydrogen) atoms. The van der Waals surface area contributed by atoms with Crippen LogP contribution in [0.15, 0.2) is 24.3 Å². The number of anilines is 1. The number of para-hydroxylation sites is 1. The fourth-order valence-corrected chi connectivity index (χ4v) is 3.00. The zero-order chi connectivity index (χ0) is 11.0. The van der Waals surface area contributed by atoms with Crippen LogP contribution in [0.2, 0.25) is 0 Å². The average Bonchev–Trinajstić information content (AvgIpc) is 2.30. The van der Waals surface area contributed by atoms with Crippen molar-refractivity contribution in [3.05, 3.63) is 29.8 Å². The molecule has 0 radical (unpaired) electrons. The highest BCUT2D eigenvalue weighted by Gasteiger charge is 2.40. The van der Waals surface area contributed by atoms with Crippen LogP contribution in [-0.4, -0.2) is 19.0 Å². The number of halogens is 1. The molecule has 92 valence electrons. The number of hydrogen-bond donors (Lipinski definition) is 2. The summed E-state index contributed by atoms with van der Waals surface area (Å²) in [7, 11) is 0. The van der Waals surface area contributed by atoms with Crippen molar-refractivity contribution in [1.82, 2.24) is 5.32 Å². The van der Waals surface area contributed by atoms with E-state index in [-0.39, 0.29) is 23.7 Å². The summed E-state index contributed by atoms with van der Waals surface area (Å²) < 4.78 is 0. The van der Waals surface area contributed by atoms with E-state index in [1.807, 2.05) is 12.1 Å². The number of nitrogens with one attached hydrogen (secondary N) is 2. The Morgan fingerprint density at radius 2 is 2.06 bits per heavy atom. The molecule has 1 atom stereocenters. The predicted octanol–water partition coefficient (Wildman–Crippen LogP) is 2.07. The molecular formula is C13H17ClN2O. The maximum Gasteiger partial charge on any atom is 0.225 e. The Labute approximate surface area is 107 Å². The fraction of sp³-hybridized carbons (Fsp3) is 0.462. The number of piperidine rings is 1. The Morgan fingerprint density at radius 1 is 1.24 bits per heavy atom. The second-order valence-electron chi connectivity index (χ2n) is 4.83. The normalized spacial score (nSPS) is 26.9. The van der Waals surface area contributed by atoms with Crippen molar-refractivity contribution in [3.8, 4) is 0 Å². The molecular weight excluding hydrogens is 236 g/mol. The number of amides is 1. The summed E-state index contributed by atoms with van der Waals surface area (Å²) >= 11 is 0. The lowest BCUT2D eigenvalue weighted by molar-refractivity contribution is -0.118. The number of hydrogen-bond acceptors (Lipinski definition) is 2. The van der Waals surface area contributed by atoms with E-state index in [0.29, 0.717) is 6.42 Å².